The number of fused-ring (bicyclic) bond motifs is 1. The molecule has 0 bridgehead atoms. The Bertz CT molecular complexity index is 1140. The third-order valence-corrected chi connectivity index (χ3v) is 6.37. The molecule has 2 heterocycles. The van der Waals surface area contributed by atoms with E-state index >= 15 is 0 Å². The Labute approximate surface area is 200 Å². The molecule has 3 aromatic rings. The topological polar surface area (TPSA) is 65.9 Å². The second-order valence-corrected chi connectivity index (χ2v) is 8.98. The molecule has 0 aliphatic carbocycles. The first-order valence-electron chi connectivity index (χ1n) is 11.8. The number of halogens is 1. The number of rotatable bonds is 8. The van der Waals surface area contributed by atoms with Crippen LogP contribution in [0.15, 0.2) is 48.5 Å². The molecule has 1 aliphatic rings. The van der Waals surface area contributed by atoms with Crippen LogP contribution < -0.4 is 4.90 Å². The van der Waals surface area contributed by atoms with E-state index in [1.54, 1.807) is 17.0 Å². The number of carbonyl (C=O) groups is 1. The van der Waals surface area contributed by atoms with E-state index in [4.69, 9.17) is 9.72 Å². The van der Waals surface area contributed by atoms with Crippen molar-refractivity contribution < 1.29 is 19.0 Å². The molecular formula is C27H32FN3O3. The molecule has 1 atom stereocenters. The van der Waals surface area contributed by atoms with Gasteiger partial charge in [0.15, 0.2) is 0 Å². The SMILES string of the molecule is COCC(=O)N(CCc1ccc(F)cc1)Cc1cc2cccc(C)c2nc1N1CCC[C@H](O)C1. The normalized spacial score (nSPS) is 16.1. The fourth-order valence-electron chi connectivity index (χ4n) is 4.55. The highest BCUT2D eigenvalue weighted by atomic mass is 19.1. The molecule has 0 radical (unpaired) electrons. The lowest BCUT2D eigenvalue weighted by Crippen LogP contribution is -2.40. The maximum absolute atomic E-state index is 13.3. The standard InChI is InChI=1S/C27H32FN3O3/c1-19-5-3-6-21-15-22(27(29-26(19)21)31-13-4-7-24(32)17-31)16-30(25(33)18-34-2)14-12-20-8-10-23(28)11-9-20/h3,5-6,8-11,15,24,32H,4,7,12-14,16-18H2,1-2H3/t24-/m0/s1. The summed E-state index contributed by atoms with van der Waals surface area (Å²) in [5.41, 5.74) is 3.92. The van der Waals surface area contributed by atoms with Crippen LogP contribution in [-0.2, 0) is 22.5 Å². The van der Waals surface area contributed by atoms with Gasteiger partial charge in [0.25, 0.3) is 0 Å². The minimum Gasteiger partial charge on any atom is -0.391 e. The van der Waals surface area contributed by atoms with Crippen molar-refractivity contribution in [1.29, 1.82) is 0 Å². The van der Waals surface area contributed by atoms with Gasteiger partial charge in [-0.3, -0.25) is 4.79 Å². The van der Waals surface area contributed by atoms with Crippen LogP contribution >= 0.6 is 0 Å². The molecule has 0 spiro atoms. The molecule has 0 unspecified atom stereocenters. The van der Waals surface area contributed by atoms with Gasteiger partial charge in [-0.15, -0.1) is 0 Å². The third-order valence-electron chi connectivity index (χ3n) is 6.37. The molecule has 7 heteroatoms. The van der Waals surface area contributed by atoms with Gasteiger partial charge >= 0.3 is 0 Å². The van der Waals surface area contributed by atoms with Gasteiger partial charge in [0.2, 0.25) is 5.91 Å². The van der Waals surface area contributed by atoms with Crippen LogP contribution in [0.3, 0.4) is 0 Å². The van der Waals surface area contributed by atoms with Gasteiger partial charge < -0.3 is 19.6 Å². The van der Waals surface area contributed by atoms with Gasteiger partial charge in [-0.1, -0.05) is 30.3 Å². The number of para-hydroxylation sites is 1. The van der Waals surface area contributed by atoms with E-state index in [0.29, 0.717) is 26.1 Å². The number of ether oxygens (including phenoxy) is 1. The van der Waals surface area contributed by atoms with Crippen LogP contribution in [0.4, 0.5) is 10.2 Å². The van der Waals surface area contributed by atoms with Gasteiger partial charge in [-0.2, -0.15) is 0 Å². The number of aliphatic hydroxyl groups is 1. The van der Waals surface area contributed by atoms with Crippen LogP contribution in [0, 0.1) is 12.7 Å². The van der Waals surface area contributed by atoms with E-state index < -0.39 is 0 Å². The van der Waals surface area contributed by atoms with Gasteiger partial charge in [0, 0.05) is 44.2 Å². The number of aryl methyl sites for hydroxylation is 1. The number of nitrogens with zero attached hydrogens (tertiary/aromatic N) is 3. The summed E-state index contributed by atoms with van der Waals surface area (Å²) in [7, 11) is 1.51. The molecule has 6 nitrogen and oxygen atoms in total. The van der Waals surface area contributed by atoms with Crippen molar-refractivity contribution in [2.45, 2.75) is 38.8 Å². The molecule has 1 aromatic heterocycles. The average Bonchev–Trinajstić information content (AvgIpc) is 2.82. The molecule has 4 rings (SSSR count). The first-order chi connectivity index (χ1) is 16.4. The number of methoxy groups -OCH3 is 1. The van der Waals surface area contributed by atoms with Gasteiger partial charge in [0.1, 0.15) is 18.2 Å². The average molecular weight is 466 g/mol. The lowest BCUT2D eigenvalue weighted by Gasteiger charge is -2.33. The number of piperidine rings is 1. The summed E-state index contributed by atoms with van der Waals surface area (Å²) in [6.07, 6.45) is 1.90. The van der Waals surface area contributed by atoms with Crippen LogP contribution in [0.2, 0.25) is 0 Å². The quantitative estimate of drug-likeness (QED) is 0.547. The Morgan fingerprint density at radius 3 is 2.79 bits per heavy atom. The first-order valence-corrected chi connectivity index (χ1v) is 11.8. The van der Waals surface area contributed by atoms with E-state index in [-0.39, 0.29) is 24.4 Å². The molecule has 34 heavy (non-hydrogen) atoms. The van der Waals surface area contributed by atoms with Gasteiger partial charge in [-0.05, 0) is 55.5 Å². The summed E-state index contributed by atoms with van der Waals surface area (Å²) in [5.74, 6) is 0.429. The second kappa shape index (κ2) is 10.9. The first kappa shape index (κ1) is 24.1. The zero-order chi connectivity index (χ0) is 24.1. The Morgan fingerprint density at radius 2 is 2.06 bits per heavy atom. The zero-order valence-electron chi connectivity index (χ0n) is 19.8. The van der Waals surface area contributed by atoms with Crippen LogP contribution in [0.5, 0.6) is 0 Å². The fourth-order valence-corrected chi connectivity index (χ4v) is 4.55. The van der Waals surface area contributed by atoms with E-state index in [1.165, 1.54) is 19.2 Å². The monoisotopic (exact) mass is 465 g/mol. The van der Waals surface area contributed by atoms with Crippen molar-refractivity contribution in [1.82, 2.24) is 9.88 Å². The lowest BCUT2D eigenvalue weighted by atomic mass is 10.0. The molecule has 1 saturated heterocycles. The number of benzene rings is 2. The van der Waals surface area contributed by atoms with Gasteiger partial charge in [-0.25, -0.2) is 9.37 Å². The number of carbonyl (C=O) groups excluding carboxylic acids is 1. The summed E-state index contributed by atoms with van der Waals surface area (Å²) in [5, 5.41) is 11.3. The van der Waals surface area contributed by atoms with Crippen molar-refractivity contribution in [3.8, 4) is 0 Å². The van der Waals surface area contributed by atoms with Crippen molar-refractivity contribution >= 4 is 22.6 Å². The fraction of sp³-hybridized carbons (Fsp3) is 0.407. The van der Waals surface area contributed by atoms with E-state index in [9.17, 15) is 14.3 Å². The van der Waals surface area contributed by atoms with E-state index in [0.717, 1.165) is 52.8 Å². The van der Waals surface area contributed by atoms with Gasteiger partial charge in [0.05, 0.1) is 11.6 Å². The number of hydrogen-bond donors (Lipinski definition) is 1. The number of β-amino-alcohol motifs (C(OH)–C–C–N with tert-alkyl or cyclic N) is 1. The smallest absolute Gasteiger partial charge is 0.248 e. The molecule has 1 fully saturated rings. The zero-order valence-corrected chi connectivity index (χ0v) is 19.8. The number of aromatic nitrogens is 1. The molecule has 1 amide bonds. The second-order valence-electron chi connectivity index (χ2n) is 8.98. The Hall–Kier alpha value is -3.03. The maximum atomic E-state index is 13.3. The molecule has 1 N–H and O–H groups in total. The van der Waals surface area contributed by atoms with Crippen LogP contribution in [0.1, 0.15) is 29.5 Å². The molecule has 0 saturated carbocycles. The highest BCUT2D eigenvalue weighted by molar-refractivity contribution is 5.85. The van der Waals surface area contributed by atoms with Crippen molar-refractivity contribution in [2.75, 3.05) is 38.3 Å². The van der Waals surface area contributed by atoms with Crippen LogP contribution in [0.25, 0.3) is 10.9 Å². The minimum atomic E-state index is -0.388. The number of pyridine rings is 1. The molecule has 1 aliphatic heterocycles. The predicted octanol–water partition coefficient (Wildman–Crippen LogP) is 3.86. The summed E-state index contributed by atoms with van der Waals surface area (Å²) in [6, 6.07) is 14.6. The molecular weight excluding hydrogens is 433 g/mol. The highest BCUT2D eigenvalue weighted by Crippen LogP contribution is 2.29. The largest absolute Gasteiger partial charge is 0.391 e. The van der Waals surface area contributed by atoms with Crippen molar-refractivity contribution in [3.05, 3.63) is 71.0 Å². The molecule has 180 valence electrons. The van der Waals surface area contributed by atoms with Crippen LogP contribution in [-0.4, -0.2) is 60.4 Å². The minimum absolute atomic E-state index is 0.0126. The number of aliphatic hydroxyl groups excluding tert-OH is 1. The summed E-state index contributed by atoms with van der Waals surface area (Å²) in [6.45, 7) is 4.22. The summed E-state index contributed by atoms with van der Waals surface area (Å²) < 4.78 is 18.4. The lowest BCUT2D eigenvalue weighted by molar-refractivity contribution is -0.135. The van der Waals surface area contributed by atoms with Crippen molar-refractivity contribution in [2.24, 2.45) is 0 Å². The van der Waals surface area contributed by atoms with E-state index in [1.807, 2.05) is 25.1 Å². The summed E-state index contributed by atoms with van der Waals surface area (Å²) >= 11 is 0. The Kier molecular flexibility index (Phi) is 7.75. The number of anilines is 1. The van der Waals surface area contributed by atoms with Crippen molar-refractivity contribution in [3.63, 3.8) is 0 Å². The number of hydrogen-bond acceptors (Lipinski definition) is 5. The summed E-state index contributed by atoms with van der Waals surface area (Å²) in [4.78, 5) is 21.9. The predicted molar refractivity (Wildman–Crippen MR) is 131 cm³/mol. The van der Waals surface area contributed by atoms with E-state index in [2.05, 4.69) is 11.0 Å². The number of amides is 1. The maximum Gasteiger partial charge on any atom is 0.248 e. The highest BCUT2D eigenvalue weighted by Gasteiger charge is 2.24. The molecule has 2 aromatic carbocycles. The Morgan fingerprint density at radius 1 is 1.26 bits per heavy atom. The third kappa shape index (κ3) is 5.72. The Balaban J connectivity index is 1.66.